The van der Waals surface area contributed by atoms with E-state index in [1.807, 2.05) is 23.1 Å². The normalized spacial score (nSPS) is 23.2. The maximum Gasteiger partial charge on any atom is 0.317 e. The van der Waals surface area contributed by atoms with Crippen molar-refractivity contribution in [3.63, 3.8) is 0 Å². The van der Waals surface area contributed by atoms with E-state index in [2.05, 4.69) is 34.5 Å². The van der Waals surface area contributed by atoms with Crippen LogP contribution < -0.4 is 5.32 Å². The van der Waals surface area contributed by atoms with Crippen LogP contribution in [-0.4, -0.2) is 54.5 Å². The van der Waals surface area contributed by atoms with Gasteiger partial charge in [0.1, 0.15) is 0 Å². The predicted molar refractivity (Wildman–Crippen MR) is 105 cm³/mol. The summed E-state index contributed by atoms with van der Waals surface area (Å²) in [5.74, 6) is 0.779. The Kier molecular flexibility index (Phi) is 5.19. The van der Waals surface area contributed by atoms with Gasteiger partial charge in [0.25, 0.3) is 0 Å². The second-order valence-electron chi connectivity index (χ2n) is 8.07. The molecule has 1 aromatic carbocycles. The summed E-state index contributed by atoms with van der Waals surface area (Å²) in [7, 11) is 0. The molecule has 1 aromatic rings. The van der Waals surface area contributed by atoms with E-state index >= 15 is 0 Å². The summed E-state index contributed by atoms with van der Waals surface area (Å²) in [6, 6.07) is 10.2. The molecule has 0 spiro atoms. The largest absolute Gasteiger partial charge is 0.340 e. The minimum atomic E-state index is -0.334. The van der Waals surface area contributed by atoms with E-state index in [0.29, 0.717) is 25.6 Å². The van der Waals surface area contributed by atoms with Gasteiger partial charge in [-0.25, -0.2) is 4.79 Å². The van der Waals surface area contributed by atoms with Gasteiger partial charge in [0.2, 0.25) is 5.91 Å². The molecule has 0 aromatic heterocycles. The Hall–Kier alpha value is -2.30. The van der Waals surface area contributed by atoms with Crippen LogP contribution in [0.15, 0.2) is 42.5 Å². The minimum Gasteiger partial charge on any atom is -0.340 e. The van der Waals surface area contributed by atoms with E-state index in [4.69, 9.17) is 0 Å². The van der Waals surface area contributed by atoms with E-state index in [9.17, 15) is 9.59 Å². The van der Waals surface area contributed by atoms with Gasteiger partial charge in [-0.3, -0.25) is 4.79 Å². The van der Waals surface area contributed by atoms with Crippen molar-refractivity contribution in [1.29, 1.82) is 0 Å². The Morgan fingerprint density at radius 3 is 2.67 bits per heavy atom. The van der Waals surface area contributed by atoms with Crippen molar-refractivity contribution in [2.75, 3.05) is 32.7 Å². The van der Waals surface area contributed by atoms with Crippen LogP contribution in [0.2, 0.25) is 0 Å². The maximum atomic E-state index is 13.6. The van der Waals surface area contributed by atoms with Crippen LogP contribution in [0.1, 0.15) is 37.7 Å². The molecule has 2 fully saturated rings. The number of hydrogen-bond donors (Lipinski definition) is 1. The second-order valence-corrected chi connectivity index (χ2v) is 8.07. The quantitative estimate of drug-likeness (QED) is 0.754. The second kappa shape index (κ2) is 7.75. The van der Waals surface area contributed by atoms with Crippen LogP contribution in [0.3, 0.4) is 0 Å². The third-order valence-corrected chi connectivity index (χ3v) is 6.21. The van der Waals surface area contributed by atoms with Gasteiger partial charge in [-0.2, -0.15) is 0 Å². The number of urea groups is 1. The first-order valence-corrected chi connectivity index (χ1v) is 10.2. The molecule has 0 radical (unpaired) electrons. The number of carbonyl (C=O) groups is 2. The molecule has 1 heterocycles. The summed E-state index contributed by atoms with van der Waals surface area (Å²) < 4.78 is 0. The third kappa shape index (κ3) is 3.87. The van der Waals surface area contributed by atoms with E-state index < -0.39 is 0 Å². The summed E-state index contributed by atoms with van der Waals surface area (Å²) in [6.45, 7) is 3.48. The Bertz CT molecular complexity index is 712. The van der Waals surface area contributed by atoms with Crippen LogP contribution in [0.4, 0.5) is 4.79 Å². The number of nitrogens with one attached hydrogen (secondary N) is 1. The van der Waals surface area contributed by atoms with Gasteiger partial charge in [-0.1, -0.05) is 42.5 Å². The molecule has 0 bridgehead atoms. The Labute approximate surface area is 161 Å². The fraction of sp³-hybridized carbons (Fsp3) is 0.545. The molecule has 1 saturated carbocycles. The monoisotopic (exact) mass is 367 g/mol. The summed E-state index contributed by atoms with van der Waals surface area (Å²) in [5, 5.41) is 2.85. The van der Waals surface area contributed by atoms with Gasteiger partial charge in [0.05, 0.1) is 5.41 Å². The van der Waals surface area contributed by atoms with Crippen molar-refractivity contribution in [1.82, 2.24) is 15.1 Å². The highest BCUT2D eigenvalue weighted by atomic mass is 16.2. The lowest BCUT2D eigenvalue weighted by molar-refractivity contribution is -0.134. The zero-order chi connectivity index (χ0) is 18.7. The summed E-state index contributed by atoms with van der Waals surface area (Å²) in [6.07, 6.45) is 9.64. The van der Waals surface area contributed by atoms with Crippen molar-refractivity contribution >= 4 is 11.9 Å². The molecule has 3 amide bonds. The van der Waals surface area contributed by atoms with Crippen molar-refractivity contribution in [2.24, 2.45) is 5.92 Å². The third-order valence-electron chi connectivity index (χ3n) is 6.21. The van der Waals surface area contributed by atoms with Gasteiger partial charge in [0.15, 0.2) is 0 Å². The Morgan fingerprint density at radius 2 is 2.04 bits per heavy atom. The van der Waals surface area contributed by atoms with Crippen LogP contribution in [0, 0.1) is 5.92 Å². The number of allylic oxidation sites excluding steroid dienone is 2. The average molecular weight is 367 g/mol. The smallest absolute Gasteiger partial charge is 0.317 e. The highest BCUT2D eigenvalue weighted by Crippen LogP contribution is 2.49. The lowest BCUT2D eigenvalue weighted by Gasteiger charge is -2.32. The van der Waals surface area contributed by atoms with Crippen molar-refractivity contribution < 1.29 is 9.59 Å². The molecule has 4 rings (SSSR count). The molecule has 1 atom stereocenters. The van der Waals surface area contributed by atoms with Crippen LogP contribution in [0.25, 0.3) is 0 Å². The van der Waals surface area contributed by atoms with Gasteiger partial charge in [-0.15, -0.1) is 0 Å². The summed E-state index contributed by atoms with van der Waals surface area (Å²) in [5.41, 5.74) is 0.807. The van der Waals surface area contributed by atoms with Gasteiger partial charge in [-0.05, 0) is 43.6 Å². The predicted octanol–water partition coefficient (Wildman–Crippen LogP) is 2.93. The van der Waals surface area contributed by atoms with E-state index in [1.54, 1.807) is 0 Å². The molecule has 5 nitrogen and oxygen atoms in total. The first-order chi connectivity index (χ1) is 13.2. The lowest BCUT2D eigenvalue weighted by atomic mass is 9.91. The van der Waals surface area contributed by atoms with E-state index in [0.717, 1.165) is 50.8 Å². The van der Waals surface area contributed by atoms with Crippen LogP contribution in [0.5, 0.6) is 0 Å². The number of amides is 3. The number of hydrogen-bond acceptors (Lipinski definition) is 2. The van der Waals surface area contributed by atoms with Crippen molar-refractivity contribution in [3.8, 4) is 0 Å². The lowest BCUT2D eigenvalue weighted by Crippen LogP contribution is -2.46. The first kappa shape index (κ1) is 18.1. The Balaban J connectivity index is 1.48. The molecule has 5 heteroatoms. The van der Waals surface area contributed by atoms with E-state index in [-0.39, 0.29) is 17.4 Å². The number of carbonyl (C=O) groups excluding carboxylic acids is 2. The number of nitrogens with zero attached hydrogens (tertiary/aromatic N) is 2. The van der Waals surface area contributed by atoms with Crippen molar-refractivity contribution in [3.05, 3.63) is 48.0 Å². The standard InChI is InChI=1S/C22H29N3O2/c26-20(22(11-12-22)19-9-5-2-6-10-19)25(17-18-7-3-1-4-8-18)16-15-24-14-13-23-21(24)27/h1-3,5-6,9-10,18H,4,7-8,11-17H2,(H,23,27)/t18-/m1/s1. The fourth-order valence-corrected chi connectivity index (χ4v) is 4.39. The highest BCUT2D eigenvalue weighted by Gasteiger charge is 2.53. The zero-order valence-corrected chi connectivity index (χ0v) is 15.9. The number of rotatable bonds is 7. The molecule has 0 unspecified atom stereocenters. The number of benzene rings is 1. The maximum absolute atomic E-state index is 13.6. The van der Waals surface area contributed by atoms with E-state index in [1.165, 1.54) is 0 Å². The molecule has 1 saturated heterocycles. The minimum absolute atomic E-state index is 0.00723. The first-order valence-electron chi connectivity index (χ1n) is 10.2. The molecule has 1 N–H and O–H groups in total. The molecule has 144 valence electrons. The summed E-state index contributed by atoms with van der Waals surface area (Å²) in [4.78, 5) is 29.3. The molecular formula is C22H29N3O2. The molecule has 2 aliphatic carbocycles. The van der Waals surface area contributed by atoms with Gasteiger partial charge >= 0.3 is 6.03 Å². The van der Waals surface area contributed by atoms with Crippen LogP contribution in [-0.2, 0) is 10.2 Å². The summed E-state index contributed by atoms with van der Waals surface area (Å²) >= 11 is 0. The van der Waals surface area contributed by atoms with Gasteiger partial charge < -0.3 is 15.1 Å². The van der Waals surface area contributed by atoms with Gasteiger partial charge in [0, 0.05) is 32.7 Å². The highest BCUT2D eigenvalue weighted by molar-refractivity contribution is 5.91. The molecular weight excluding hydrogens is 338 g/mol. The molecule has 1 aliphatic heterocycles. The van der Waals surface area contributed by atoms with Crippen LogP contribution >= 0.6 is 0 Å². The zero-order valence-electron chi connectivity index (χ0n) is 15.9. The fourth-order valence-electron chi connectivity index (χ4n) is 4.39. The topological polar surface area (TPSA) is 52.7 Å². The molecule has 27 heavy (non-hydrogen) atoms. The average Bonchev–Trinajstić information content (AvgIpc) is 3.43. The SMILES string of the molecule is O=C1NCCN1CCN(C[C@@H]1CC=CCC1)C(=O)C1(c2ccccc2)CC1. The Morgan fingerprint density at radius 1 is 1.22 bits per heavy atom. The molecule has 3 aliphatic rings. The van der Waals surface area contributed by atoms with Crippen molar-refractivity contribution in [2.45, 2.75) is 37.5 Å².